The van der Waals surface area contributed by atoms with Crippen molar-refractivity contribution in [1.82, 2.24) is 0 Å². The van der Waals surface area contributed by atoms with Crippen molar-refractivity contribution in [2.75, 3.05) is 0 Å². The molecule has 0 aromatic heterocycles. The second kappa shape index (κ2) is 12.5. The third-order valence-corrected chi connectivity index (χ3v) is 16.3. The molecule has 4 aliphatic rings. The largest absolute Gasteiger partial charge is 0.244 e. The molecule has 0 amide bonds. The van der Waals surface area contributed by atoms with Gasteiger partial charge in [0, 0.05) is 0 Å². The molecule has 302 valence electrons. The molecule has 64 heavy (non-hydrogen) atoms. The van der Waals surface area contributed by atoms with Gasteiger partial charge in [-0.1, -0.05) is 182 Å². The Morgan fingerprint density at radius 1 is 0.312 bits per heavy atom. The van der Waals surface area contributed by atoms with E-state index in [4.69, 9.17) is 0 Å². The fraction of sp³-hybridized carbons (Fsp3) is 0.161. The predicted octanol–water partition coefficient (Wildman–Crippen LogP) is 12.4. The average molecular weight is 815 g/mol. The van der Waals surface area contributed by atoms with E-state index in [1.807, 2.05) is 0 Å². The van der Waals surface area contributed by atoms with E-state index < -0.39 is 0 Å². The Balaban J connectivity index is 1.27. The molecule has 2 heteroatoms. The Kier molecular flexibility index (Phi) is 7.22. The first-order chi connectivity index (χ1) is 31.1. The van der Waals surface area contributed by atoms with Crippen LogP contribution in [-0.4, -0.2) is 13.4 Å². The molecule has 0 bridgehead atoms. The van der Waals surface area contributed by atoms with Crippen LogP contribution in [0.4, 0.5) is 0 Å². The monoisotopic (exact) mass is 814 g/mol. The smallest absolute Gasteiger partial charge is 0.0664 e. The average Bonchev–Trinajstić information content (AvgIpc) is 3.81. The Hall–Kier alpha value is -6.63. The second-order valence-electron chi connectivity index (χ2n) is 20.4. The minimum atomic E-state index is 0.157. The highest BCUT2D eigenvalue weighted by molar-refractivity contribution is 7.03. The lowest BCUT2D eigenvalue weighted by Gasteiger charge is -2.33. The Morgan fingerprint density at radius 3 is 1.05 bits per heavy atom. The zero-order chi connectivity index (χ0) is 43.2. The van der Waals surface area contributed by atoms with Crippen LogP contribution in [0.2, 0.25) is 0 Å². The number of hydrogen-bond acceptors (Lipinski definition) is 0. The molecule has 10 aromatic rings. The quantitative estimate of drug-likeness (QED) is 0.123. The van der Waals surface area contributed by atoms with Crippen LogP contribution in [0.15, 0.2) is 133 Å². The van der Waals surface area contributed by atoms with Gasteiger partial charge in [0.05, 0.1) is 0 Å². The first-order valence-electron chi connectivity index (χ1n) is 23.6. The normalized spacial score (nSPS) is 13.5. The maximum absolute atomic E-state index is 2.69. The van der Waals surface area contributed by atoms with E-state index in [1.165, 1.54) is 165 Å². The lowest BCUT2D eigenvalue weighted by molar-refractivity contribution is 0.868. The number of rotatable bonds is 4. The highest BCUT2D eigenvalue weighted by atomic mass is 14.4. The molecule has 0 nitrogen and oxygen atoms in total. The summed E-state index contributed by atoms with van der Waals surface area (Å²) in [5.74, 6) is 0.815. The zero-order valence-electron chi connectivity index (χ0n) is 38.0. The Bertz CT molecular complexity index is 3500. The van der Waals surface area contributed by atoms with Crippen LogP contribution in [0.1, 0.15) is 72.9 Å². The molecule has 14 rings (SSSR count). The maximum Gasteiger partial charge on any atom is 0.244 e. The van der Waals surface area contributed by atoms with Crippen molar-refractivity contribution in [1.29, 1.82) is 0 Å². The molecular formula is C62H48B2. The predicted molar refractivity (Wildman–Crippen MR) is 279 cm³/mol. The summed E-state index contributed by atoms with van der Waals surface area (Å²) in [5, 5.41) is 8.55. The third-order valence-electron chi connectivity index (χ3n) is 16.3. The van der Waals surface area contributed by atoms with Gasteiger partial charge in [-0.05, 0) is 184 Å². The van der Waals surface area contributed by atoms with Crippen molar-refractivity contribution in [2.45, 2.75) is 67.2 Å². The Morgan fingerprint density at radius 2 is 0.672 bits per heavy atom. The van der Waals surface area contributed by atoms with Crippen LogP contribution in [0.3, 0.4) is 0 Å². The molecule has 4 heterocycles. The molecule has 0 atom stereocenters. The third kappa shape index (κ3) is 4.47. The van der Waals surface area contributed by atoms with E-state index in [0.717, 1.165) is 0 Å². The molecule has 0 N–H and O–H groups in total. The van der Waals surface area contributed by atoms with E-state index in [1.54, 1.807) is 0 Å². The molecule has 0 fully saturated rings. The highest BCUT2D eigenvalue weighted by Gasteiger charge is 2.45. The summed E-state index contributed by atoms with van der Waals surface area (Å²) in [5.41, 5.74) is 33.6. The number of aryl methyl sites for hydroxylation is 4. The maximum atomic E-state index is 2.69. The number of hydrogen-bond donors (Lipinski definition) is 0. The van der Waals surface area contributed by atoms with Crippen molar-refractivity contribution in [3.05, 3.63) is 167 Å². The van der Waals surface area contributed by atoms with Gasteiger partial charge in [0.1, 0.15) is 0 Å². The summed E-state index contributed by atoms with van der Waals surface area (Å²) < 4.78 is 0. The van der Waals surface area contributed by atoms with Crippen molar-refractivity contribution in [2.24, 2.45) is 0 Å². The second-order valence-corrected chi connectivity index (χ2v) is 20.4. The van der Waals surface area contributed by atoms with E-state index >= 15 is 0 Å². The van der Waals surface area contributed by atoms with E-state index in [0.29, 0.717) is 11.8 Å². The van der Waals surface area contributed by atoms with Crippen LogP contribution < -0.4 is 32.8 Å². The van der Waals surface area contributed by atoms with Crippen LogP contribution in [-0.2, 0) is 0 Å². The van der Waals surface area contributed by atoms with Crippen LogP contribution in [0.25, 0.3) is 99.1 Å². The fourth-order valence-electron chi connectivity index (χ4n) is 13.5. The molecule has 0 radical (unpaired) electrons. The van der Waals surface area contributed by atoms with Gasteiger partial charge in [0.2, 0.25) is 13.4 Å². The summed E-state index contributed by atoms with van der Waals surface area (Å²) in [4.78, 5) is 0. The summed E-state index contributed by atoms with van der Waals surface area (Å²) in [6, 6.07) is 53.3. The van der Waals surface area contributed by atoms with E-state index in [-0.39, 0.29) is 13.4 Å². The van der Waals surface area contributed by atoms with Gasteiger partial charge in [-0.25, -0.2) is 0 Å². The van der Waals surface area contributed by atoms with Crippen molar-refractivity contribution >= 4 is 78.5 Å². The van der Waals surface area contributed by atoms with Crippen molar-refractivity contribution in [3.8, 4) is 66.8 Å². The molecule has 0 saturated carbocycles. The van der Waals surface area contributed by atoms with E-state index in [2.05, 4.69) is 189 Å². The van der Waals surface area contributed by atoms with Gasteiger partial charge >= 0.3 is 0 Å². The molecule has 4 aliphatic heterocycles. The van der Waals surface area contributed by atoms with Gasteiger partial charge in [-0.3, -0.25) is 0 Å². The Labute approximate surface area is 377 Å². The first-order valence-corrected chi connectivity index (χ1v) is 23.6. The molecule has 0 spiro atoms. The van der Waals surface area contributed by atoms with Gasteiger partial charge in [0.15, 0.2) is 0 Å². The van der Waals surface area contributed by atoms with E-state index in [9.17, 15) is 0 Å². The van der Waals surface area contributed by atoms with Gasteiger partial charge in [0.25, 0.3) is 0 Å². The summed E-state index contributed by atoms with van der Waals surface area (Å²) in [7, 11) is 0. The van der Waals surface area contributed by atoms with Crippen LogP contribution in [0.5, 0.6) is 0 Å². The molecular weight excluding hydrogens is 766 g/mol. The topological polar surface area (TPSA) is 0 Å². The minimum absolute atomic E-state index is 0.157. The lowest BCUT2D eigenvalue weighted by atomic mass is 9.34. The summed E-state index contributed by atoms with van der Waals surface area (Å²) in [6.07, 6.45) is 0. The highest BCUT2D eigenvalue weighted by Crippen LogP contribution is 2.52. The standard InChI is InChI=1S/C62H48B2/c1-31(2)37-23-47-39-19-9-11-21-51(39)63-53-29-46-42(56-35(7)17-14-18-36(56)8)28-44-50-26-38(32(3)4)24-48-40-20-10-12-22-52(40)64(62(48)50)54-30-45-41(55-33(5)15-13-16-34(55)6)27-43(49(25-37)61(47)63)57(53)59(45)60(46)58(44)54/h9-32H,1-8H3. The van der Waals surface area contributed by atoms with Gasteiger partial charge in [-0.2, -0.15) is 0 Å². The molecule has 0 unspecified atom stereocenters. The summed E-state index contributed by atoms with van der Waals surface area (Å²) >= 11 is 0. The van der Waals surface area contributed by atoms with Crippen LogP contribution >= 0.6 is 0 Å². The molecule has 10 aromatic carbocycles. The zero-order valence-corrected chi connectivity index (χ0v) is 38.0. The molecule has 0 saturated heterocycles. The minimum Gasteiger partial charge on any atom is -0.0664 e. The number of fused-ring (bicyclic) bond motifs is 10. The van der Waals surface area contributed by atoms with Gasteiger partial charge < -0.3 is 0 Å². The van der Waals surface area contributed by atoms with Crippen molar-refractivity contribution in [3.63, 3.8) is 0 Å². The first kappa shape index (κ1) is 36.8. The summed E-state index contributed by atoms with van der Waals surface area (Å²) in [6.45, 7) is 19.0. The van der Waals surface area contributed by atoms with Crippen LogP contribution in [0, 0.1) is 27.7 Å². The van der Waals surface area contributed by atoms with Crippen molar-refractivity contribution < 1.29 is 0 Å². The lowest BCUT2D eigenvalue weighted by Crippen LogP contribution is -2.53. The number of benzene rings is 10. The fourth-order valence-corrected chi connectivity index (χ4v) is 13.5. The SMILES string of the molecule is Cc1cccc(C)c1-c1cc2c3c(cc4c(-c5c(C)cccc5C)cc5c6c(cc1c3c46)B1c3ccccc3-c3cc(C(C)C)cc-5c31)B1c3ccccc3-c3cc(C(C)C)cc-2c31. The van der Waals surface area contributed by atoms with Gasteiger partial charge in [-0.15, -0.1) is 0 Å². The molecule has 0 aliphatic carbocycles.